The summed E-state index contributed by atoms with van der Waals surface area (Å²) in [6.45, 7) is 1.70. The molecule has 4 rings (SSSR count). The van der Waals surface area contributed by atoms with Crippen molar-refractivity contribution in [2.75, 3.05) is 11.8 Å². The zero-order valence-corrected chi connectivity index (χ0v) is 18.7. The maximum Gasteiger partial charge on any atom is 0.343 e. The number of anilines is 1. The Bertz CT molecular complexity index is 1420. The van der Waals surface area contributed by atoms with Crippen LogP contribution in [0.5, 0.6) is 16.7 Å². The van der Waals surface area contributed by atoms with Crippen molar-refractivity contribution in [1.29, 1.82) is 0 Å². The molecule has 4 aromatic rings. The molecule has 0 aliphatic heterocycles. The van der Waals surface area contributed by atoms with Crippen molar-refractivity contribution in [3.63, 3.8) is 0 Å². The van der Waals surface area contributed by atoms with Crippen LogP contribution in [-0.2, 0) is 16.8 Å². The second kappa shape index (κ2) is 8.99. The van der Waals surface area contributed by atoms with Gasteiger partial charge < -0.3 is 13.9 Å². The lowest BCUT2D eigenvalue weighted by molar-refractivity contribution is 0.301. The van der Waals surface area contributed by atoms with Crippen LogP contribution in [-0.4, -0.2) is 20.4 Å². The zero-order chi connectivity index (χ0) is 22.7. The van der Waals surface area contributed by atoms with E-state index in [9.17, 15) is 13.2 Å². The van der Waals surface area contributed by atoms with Gasteiger partial charge in [-0.2, -0.15) is 8.42 Å². The fourth-order valence-electron chi connectivity index (χ4n) is 2.99. The average molecular weight is 474 g/mol. The molecule has 9 nitrogen and oxygen atoms in total. The van der Waals surface area contributed by atoms with Gasteiger partial charge in [0, 0.05) is 30.1 Å². The van der Waals surface area contributed by atoms with Gasteiger partial charge in [-0.3, -0.25) is 4.72 Å². The van der Waals surface area contributed by atoms with Crippen LogP contribution >= 0.6 is 11.3 Å². The number of hydrogen-bond acceptors (Lipinski definition) is 8. The molecule has 11 heteroatoms. The molecule has 166 valence electrons. The molecule has 0 unspecified atom stereocenters. The van der Waals surface area contributed by atoms with Crippen molar-refractivity contribution in [3.8, 4) is 16.7 Å². The molecule has 32 heavy (non-hydrogen) atoms. The fraction of sp³-hybridized carbons (Fsp3) is 0.143. The summed E-state index contributed by atoms with van der Waals surface area (Å²) in [7, 11) is -2.43. The Morgan fingerprint density at radius 1 is 1.19 bits per heavy atom. The molecule has 0 atom stereocenters. The van der Waals surface area contributed by atoms with Gasteiger partial charge in [-0.15, -0.1) is 0 Å². The number of fused-ring (bicyclic) bond motifs is 1. The Morgan fingerprint density at radius 3 is 2.75 bits per heavy atom. The van der Waals surface area contributed by atoms with Crippen molar-refractivity contribution in [1.82, 2.24) is 9.71 Å². The topological polar surface area (TPSA) is 120 Å². The third-order valence-corrected chi connectivity index (χ3v) is 6.32. The fourth-order valence-corrected chi connectivity index (χ4v) is 4.05. The van der Waals surface area contributed by atoms with Crippen molar-refractivity contribution in [3.05, 3.63) is 75.6 Å². The Hall–Kier alpha value is -3.41. The molecule has 0 bridgehead atoms. The number of thiazole rings is 1. The van der Waals surface area contributed by atoms with Gasteiger partial charge in [0.05, 0.1) is 11.3 Å². The Kier molecular flexibility index (Phi) is 6.12. The lowest BCUT2D eigenvalue weighted by Crippen LogP contribution is -2.26. The van der Waals surface area contributed by atoms with E-state index in [4.69, 9.17) is 13.9 Å². The van der Waals surface area contributed by atoms with Crippen molar-refractivity contribution >= 4 is 38.2 Å². The summed E-state index contributed by atoms with van der Waals surface area (Å²) in [5.74, 6) is 0.780. The largest absolute Gasteiger partial charge is 0.486 e. The number of aromatic nitrogens is 1. The molecular formula is C21H19N3O6S2. The molecule has 2 aromatic carbocycles. The molecule has 2 N–H and O–H groups in total. The van der Waals surface area contributed by atoms with Gasteiger partial charge in [-0.1, -0.05) is 23.5 Å². The molecule has 0 saturated heterocycles. The minimum absolute atomic E-state index is 0.0975. The highest BCUT2D eigenvalue weighted by atomic mass is 32.2. The van der Waals surface area contributed by atoms with Crippen LogP contribution in [0.1, 0.15) is 11.1 Å². The number of rotatable bonds is 8. The summed E-state index contributed by atoms with van der Waals surface area (Å²) >= 11 is 1.35. The highest BCUT2D eigenvalue weighted by molar-refractivity contribution is 7.90. The number of ether oxygens (including phenoxy) is 2. The van der Waals surface area contributed by atoms with Gasteiger partial charge in [0.25, 0.3) is 15.4 Å². The minimum atomic E-state index is -3.72. The van der Waals surface area contributed by atoms with Gasteiger partial charge in [0.1, 0.15) is 23.7 Å². The molecule has 2 aromatic heterocycles. The summed E-state index contributed by atoms with van der Waals surface area (Å²) in [5.41, 5.74) is 1.11. The molecule has 0 radical (unpaired) electrons. The second-order valence-corrected chi connectivity index (χ2v) is 9.12. The summed E-state index contributed by atoms with van der Waals surface area (Å²) in [4.78, 5) is 16.7. The van der Waals surface area contributed by atoms with Crippen LogP contribution in [0.25, 0.3) is 11.0 Å². The van der Waals surface area contributed by atoms with E-state index in [-0.39, 0.29) is 18.0 Å². The molecule has 2 heterocycles. The van der Waals surface area contributed by atoms with Crippen LogP contribution < -0.4 is 24.5 Å². The molecule has 0 aliphatic rings. The molecular weight excluding hydrogens is 454 g/mol. The van der Waals surface area contributed by atoms with Crippen LogP contribution in [0.3, 0.4) is 0 Å². The highest BCUT2D eigenvalue weighted by Crippen LogP contribution is 2.30. The molecule has 0 spiro atoms. The number of hydrogen-bond donors (Lipinski definition) is 2. The number of nitrogens with zero attached hydrogens (tertiary/aromatic N) is 1. The SMILES string of the molecule is CNS(=O)(=O)Nc1ccccc1OCc1c(C)c2ccc(Oc3nccs3)cc2oc1=O. The second-order valence-electron chi connectivity index (χ2n) is 6.65. The number of aryl methyl sites for hydroxylation is 1. The number of nitrogens with one attached hydrogen (secondary N) is 2. The standard InChI is InChI=1S/C21H19N3O6S2/c1-13-15-8-7-14(29-21-23-9-10-31-21)11-19(15)30-20(25)16(13)12-28-18-6-4-3-5-17(18)24-32(26,27)22-2/h3-11,22,24H,12H2,1-2H3. The van der Waals surface area contributed by atoms with E-state index >= 15 is 0 Å². The van der Waals surface area contributed by atoms with E-state index in [1.807, 2.05) is 0 Å². The average Bonchev–Trinajstić information content (AvgIpc) is 3.27. The maximum absolute atomic E-state index is 12.6. The van der Waals surface area contributed by atoms with Crippen LogP contribution in [0.4, 0.5) is 5.69 Å². The summed E-state index contributed by atoms with van der Waals surface area (Å²) in [6, 6.07) is 11.7. The first-order valence-electron chi connectivity index (χ1n) is 9.43. The smallest absolute Gasteiger partial charge is 0.343 e. The van der Waals surface area contributed by atoms with Crippen LogP contribution in [0, 0.1) is 6.92 Å². The Labute approximate surface area is 187 Å². The van der Waals surface area contributed by atoms with E-state index in [1.165, 1.54) is 18.4 Å². The number of benzene rings is 2. The predicted molar refractivity (Wildman–Crippen MR) is 122 cm³/mol. The van der Waals surface area contributed by atoms with E-state index < -0.39 is 15.8 Å². The monoisotopic (exact) mass is 473 g/mol. The first-order chi connectivity index (χ1) is 15.4. The van der Waals surface area contributed by atoms with E-state index in [2.05, 4.69) is 14.4 Å². The molecule has 0 amide bonds. The van der Waals surface area contributed by atoms with Crippen LogP contribution in [0.15, 0.2) is 63.3 Å². The molecule has 0 fully saturated rings. The lowest BCUT2D eigenvalue weighted by atomic mass is 10.1. The normalized spacial score (nSPS) is 11.4. The van der Waals surface area contributed by atoms with Gasteiger partial charge in [0.2, 0.25) is 0 Å². The predicted octanol–water partition coefficient (Wildman–Crippen LogP) is 3.81. The van der Waals surface area contributed by atoms with Gasteiger partial charge in [-0.05, 0) is 36.8 Å². The van der Waals surface area contributed by atoms with Gasteiger partial charge >= 0.3 is 5.63 Å². The Balaban J connectivity index is 1.60. The highest BCUT2D eigenvalue weighted by Gasteiger charge is 2.15. The van der Waals surface area contributed by atoms with Crippen molar-refractivity contribution in [2.45, 2.75) is 13.5 Å². The van der Waals surface area contributed by atoms with Crippen molar-refractivity contribution in [2.24, 2.45) is 0 Å². The lowest BCUT2D eigenvalue weighted by Gasteiger charge is -2.14. The minimum Gasteiger partial charge on any atom is -0.486 e. The van der Waals surface area contributed by atoms with Crippen LogP contribution in [0.2, 0.25) is 0 Å². The van der Waals surface area contributed by atoms with Gasteiger partial charge in [0.15, 0.2) is 0 Å². The summed E-state index contributed by atoms with van der Waals surface area (Å²) in [6.07, 6.45) is 1.64. The van der Waals surface area contributed by atoms with E-state index in [0.29, 0.717) is 27.7 Å². The van der Waals surface area contributed by atoms with E-state index in [0.717, 1.165) is 5.39 Å². The number of para-hydroxylation sites is 2. The van der Waals surface area contributed by atoms with E-state index in [1.54, 1.807) is 61.0 Å². The molecule has 0 saturated carbocycles. The van der Waals surface area contributed by atoms with Crippen molar-refractivity contribution < 1.29 is 22.3 Å². The first-order valence-corrected chi connectivity index (χ1v) is 11.8. The maximum atomic E-state index is 12.6. The third-order valence-electron chi connectivity index (χ3n) is 4.65. The third kappa shape index (κ3) is 4.74. The Morgan fingerprint density at radius 2 is 2.00 bits per heavy atom. The summed E-state index contributed by atoms with van der Waals surface area (Å²) < 4.78 is 45.1. The molecule has 0 aliphatic carbocycles. The zero-order valence-electron chi connectivity index (χ0n) is 17.1. The summed E-state index contributed by atoms with van der Waals surface area (Å²) in [5, 5.41) is 3.02. The quantitative estimate of drug-likeness (QED) is 0.374. The van der Waals surface area contributed by atoms with Gasteiger partial charge in [-0.25, -0.2) is 14.5 Å². The first kappa shape index (κ1) is 21.8.